The van der Waals surface area contributed by atoms with Gasteiger partial charge in [-0.1, -0.05) is 25.6 Å². The maximum atomic E-state index is 13.3. The van der Waals surface area contributed by atoms with E-state index in [1.165, 1.54) is 0 Å². The van der Waals surface area contributed by atoms with Crippen LogP contribution in [0.15, 0.2) is 96.8 Å². The number of rotatable bonds is 13. The molecule has 0 spiro atoms. The van der Waals surface area contributed by atoms with Gasteiger partial charge in [0.1, 0.15) is 11.4 Å². The third-order valence-electron chi connectivity index (χ3n) is 9.69. The van der Waals surface area contributed by atoms with Crippen LogP contribution in [-0.4, -0.2) is 58.0 Å². The number of fused-ring (bicyclic) bond motifs is 2. The van der Waals surface area contributed by atoms with Gasteiger partial charge in [-0.25, -0.2) is 0 Å². The second-order valence-corrected chi connectivity index (χ2v) is 13.5. The van der Waals surface area contributed by atoms with Crippen molar-refractivity contribution in [3.63, 3.8) is 0 Å². The van der Waals surface area contributed by atoms with Crippen LogP contribution in [0.4, 0.5) is 28.4 Å². The molecular formula is C42H44N8O4. The van der Waals surface area contributed by atoms with E-state index >= 15 is 0 Å². The Hall–Kier alpha value is -6.56. The molecule has 7 N–H and O–H groups in total. The zero-order chi connectivity index (χ0) is 37.6. The Labute approximate surface area is 313 Å². The first kappa shape index (κ1) is 35.8. The standard InChI is InChI=1S/C42H44N8O4/c1-3-27-19-35-37(46-25-34-7-4-5-17-50(34)42(35)53)22-39(27)54-18-6-8-40(51)48-33-21-38(45-24-33)41(52)49-32-13-9-28(10-14-32)29-20-36(44-23-29)26(2)47-31-15-11-30(43)12-16-31/h9-16,19-25,34,44-45,47H,2-8,17-18,43H2,1H3,(H,48,51)(H,49,52)/t34-/m1/s1. The number of aromatic amines is 2. The summed E-state index contributed by atoms with van der Waals surface area (Å²) in [6, 6.07) is 22.4. The van der Waals surface area contributed by atoms with Crippen LogP contribution in [0.5, 0.6) is 5.75 Å². The summed E-state index contributed by atoms with van der Waals surface area (Å²) in [5.41, 5.74) is 14.5. The Morgan fingerprint density at radius 2 is 1.67 bits per heavy atom. The topological polar surface area (TPSA) is 170 Å². The number of anilines is 4. The molecule has 1 fully saturated rings. The first-order valence-corrected chi connectivity index (χ1v) is 18.3. The molecule has 2 aliphatic heterocycles. The number of aliphatic imine (C=N–C) groups is 1. The molecule has 12 heteroatoms. The summed E-state index contributed by atoms with van der Waals surface area (Å²) in [6.45, 7) is 7.24. The third-order valence-corrected chi connectivity index (χ3v) is 9.69. The number of aryl methyl sites for hydroxylation is 1. The molecule has 2 aromatic heterocycles. The van der Waals surface area contributed by atoms with Gasteiger partial charge < -0.3 is 41.3 Å². The average Bonchev–Trinajstić information content (AvgIpc) is 3.85. The fourth-order valence-electron chi connectivity index (χ4n) is 6.71. The second kappa shape index (κ2) is 16.0. The van der Waals surface area contributed by atoms with Crippen molar-refractivity contribution in [2.24, 2.45) is 4.99 Å². The Balaban J connectivity index is 0.870. The Morgan fingerprint density at radius 3 is 2.46 bits per heavy atom. The number of H-pyrrole nitrogens is 2. The molecule has 5 aromatic rings. The molecule has 12 nitrogen and oxygen atoms in total. The van der Waals surface area contributed by atoms with Crippen molar-refractivity contribution in [1.29, 1.82) is 0 Å². The van der Waals surface area contributed by atoms with Gasteiger partial charge >= 0.3 is 0 Å². The van der Waals surface area contributed by atoms with Gasteiger partial charge in [-0.2, -0.15) is 0 Å². The van der Waals surface area contributed by atoms with E-state index in [0.717, 1.165) is 59.6 Å². The molecule has 3 aromatic carbocycles. The number of hydrogen-bond acceptors (Lipinski definition) is 7. The Bertz CT molecular complexity index is 2200. The first-order valence-electron chi connectivity index (χ1n) is 18.3. The van der Waals surface area contributed by atoms with Crippen LogP contribution < -0.4 is 26.4 Å². The minimum absolute atomic E-state index is 0.0276. The second-order valence-electron chi connectivity index (χ2n) is 13.5. The molecule has 0 unspecified atom stereocenters. The highest BCUT2D eigenvalue weighted by Gasteiger charge is 2.30. The molecule has 3 amide bonds. The number of aromatic nitrogens is 2. The van der Waals surface area contributed by atoms with Crippen molar-refractivity contribution in [3.8, 4) is 16.9 Å². The highest BCUT2D eigenvalue weighted by molar-refractivity contribution is 6.05. The van der Waals surface area contributed by atoms with E-state index in [1.54, 1.807) is 12.3 Å². The van der Waals surface area contributed by atoms with Gasteiger partial charge in [0.2, 0.25) is 5.91 Å². The summed E-state index contributed by atoms with van der Waals surface area (Å²) in [6.07, 6.45) is 9.83. The van der Waals surface area contributed by atoms with E-state index in [9.17, 15) is 14.4 Å². The zero-order valence-corrected chi connectivity index (χ0v) is 30.2. The number of nitrogens with one attached hydrogen (secondary N) is 5. The molecule has 276 valence electrons. The van der Waals surface area contributed by atoms with Crippen molar-refractivity contribution in [2.45, 2.75) is 51.5 Å². The number of ether oxygens (including phenoxy) is 1. The largest absolute Gasteiger partial charge is 0.493 e. The molecule has 1 atom stereocenters. The lowest BCUT2D eigenvalue weighted by atomic mass is 10.0. The number of piperidine rings is 1. The molecule has 2 aliphatic rings. The van der Waals surface area contributed by atoms with Crippen molar-refractivity contribution in [1.82, 2.24) is 14.9 Å². The van der Waals surface area contributed by atoms with Gasteiger partial charge in [0.25, 0.3) is 11.8 Å². The first-order chi connectivity index (χ1) is 26.2. The fraction of sp³-hybridized carbons (Fsp3) is 0.238. The van der Waals surface area contributed by atoms with Crippen LogP contribution in [0.2, 0.25) is 0 Å². The monoisotopic (exact) mass is 724 g/mol. The van der Waals surface area contributed by atoms with Crippen molar-refractivity contribution in [3.05, 3.63) is 114 Å². The summed E-state index contributed by atoms with van der Waals surface area (Å²) in [5.74, 6) is 0.184. The van der Waals surface area contributed by atoms with E-state index in [-0.39, 0.29) is 30.2 Å². The van der Waals surface area contributed by atoms with E-state index in [0.29, 0.717) is 59.2 Å². The molecule has 0 saturated carbocycles. The van der Waals surface area contributed by atoms with Gasteiger partial charge in [0.15, 0.2) is 0 Å². The van der Waals surface area contributed by atoms with Crippen LogP contribution in [0.25, 0.3) is 16.8 Å². The molecule has 0 aliphatic carbocycles. The number of nitrogen functional groups attached to an aromatic ring is 1. The summed E-state index contributed by atoms with van der Waals surface area (Å²) >= 11 is 0. The lowest BCUT2D eigenvalue weighted by Gasteiger charge is -2.32. The number of carbonyl (C=O) groups excluding carboxylic acids is 3. The number of benzene rings is 3. The number of nitrogens with zero attached hydrogens (tertiary/aromatic N) is 2. The highest BCUT2D eigenvalue weighted by atomic mass is 16.5. The molecule has 0 bridgehead atoms. The molecule has 7 rings (SSSR count). The van der Waals surface area contributed by atoms with E-state index in [2.05, 4.69) is 37.5 Å². The number of nitrogens with two attached hydrogens (primary N) is 1. The molecule has 1 saturated heterocycles. The minimum atomic E-state index is -0.333. The van der Waals surface area contributed by atoms with Crippen molar-refractivity contribution in [2.75, 3.05) is 34.8 Å². The average molecular weight is 725 g/mol. The summed E-state index contributed by atoms with van der Waals surface area (Å²) in [7, 11) is 0. The maximum absolute atomic E-state index is 13.3. The predicted molar refractivity (Wildman–Crippen MR) is 214 cm³/mol. The van der Waals surface area contributed by atoms with Crippen LogP contribution in [0, 0.1) is 0 Å². The smallest absolute Gasteiger partial charge is 0.272 e. The minimum Gasteiger partial charge on any atom is -0.493 e. The molecule has 0 radical (unpaired) electrons. The molecule has 4 heterocycles. The number of amides is 3. The summed E-state index contributed by atoms with van der Waals surface area (Å²) in [4.78, 5) is 51.8. The SMILES string of the molecule is C=C(Nc1ccc(N)cc1)c1cc(-c2ccc(NC(=O)c3cc(NC(=O)CCCOc4cc5c(cc4CC)C(=O)N4CCCC[C@@H]4C=N5)c[nH]3)cc2)c[nH]1. The van der Waals surface area contributed by atoms with E-state index in [1.807, 2.05) is 91.0 Å². The lowest BCUT2D eigenvalue weighted by molar-refractivity contribution is -0.116. The zero-order valence-electron chi connectivity index (χ0n) is 30.2. The predicted octanol–water partition coefficient (Wildman–Crippen LogP) is 8.00. The van der Waals surface area contributed by atoms with E-state index in [4.69, 9.17) is 10.5 Å². The van der Waals surface area contributed by atoms with Crippen molar-refractivity contribution >= 4 is 58.1 Å². The van der Waals surface area contributed by atoms with Crippen molar-refractivity contribution < 1.29 is 19.1 Å². The van der Waals surface area contributed by atoms with Crippen LogP contribution in [-0.2, 0) is 11.2 Å². The number of carbonyl (C=O) groups is 3. The maximum Gasteiger partial charge on any atom is 0.272 e. The Morgan fingerprint density at radius 1 is 0.907 bits per heavy atom. The van der Waals surface area contributed by atoms with E-state index < -0.39 is 0 Å². The highest BCUT2D eigenvalue weighted by Crippen LogP contribution is 2.34. The van der Waals surface area contributed by atoms with Gasteiger partial charge in [0.05, 0.1) is 41.0 Å². The van der Waals surface area contributed by atoms with Gasteiger partial charge in [-0.05, 0) is 103 Å². The quantitative estimate of drug-likeness (QED) is 0.0531. The van der Waals surface area contributed by atoms with Gasteiger partial charge in [0, 0.05) is 54.7 Å². The van der Waals surface area contributed by atoms with Crippen LogP contribution in [0.1, 0.15) is 71.1 Å². The van der Waals surface area contributed by atoms with Crippen LogP contribution in [0.3, 0.4) is 0 Å². The molecule has 54 heavy (non-hydrogen) atoms. The summed E-state index contributed by atoms with van der Waals surface area (Å²) in [5, 5.41) is 9.01. The Kier molecular flexibility index (Phi) is 10.6. The summed E-state index contributed by atoms with van der Waals surface area (Å²) < 4.78 is 6.10. The normalized spacial score (nSPS) is 14.8. The lowest BCUT2D eigenvalue weighted by Crippen LogP contribution is -2.43. The molecular weight excluding hydrogens is 681 g/mol. The van der Waals surface area contributed by atoms with Gasteiger partial charge in [-0.3, -0.25) is 19.4 Å². The fourth-order valence-corrected chi connectivity index (χ4v) is 6.71. The van der Waals surface area contributed by atoms with Gasteiger partial charge in [-0.15, -0.1) is 0 Å². The third kappa shape index (κ3) is 8.23. The number of hydrogen-bond donors (Lipinski definition) is 6. The van der Waals surface area contributed by atoms with Crippen LogP contribution >= 0.6 is 0 Å².